The number of nitrogens with one attached hydrogen (secondary N) is 1. The van der Waals surface area contributed by atoms with Gasteiger partial charge in [-0.15, -0.1) is 0 Å². The molecule has 1 unspecified atom stereocenters. The molecule has 2 aromatic heterocycles. The predicted molar refractivity (Wildman–Crippen MR) is 135 cm³/mol. The van der Waals surface area contributed by atoms with E-state index in [0.29, 0.717) is 41.6 Å². The molecule has 1 amide bonds. The average molecular weight is 485 g/mol. The number of H-pyrrole nitrogens is 1. The van der Waals surface area contributed by atoms with Gasteiger partial charge in [0.05, 0.1) is 19.8 Å². The van der Waals surface area contributed by atoms with Gasteiger partial charge in [0.15, 0.2) is 11.5 Å². The topological polar surface area (TPSA) is 101 Å². The number of aromatic hydroxyl groups is 1. The van der Waals surface area contributed by atoms with Crippen molar-refractivity contribution in [3.05, 3.63) is 88.4 Å². The van der Waals surface area contributed by atoms with Gasteiger partial charge in [0, 0.05) is 30.1 Å². The smallest absolute Gasteiger partial charge is 0.273 e. The highest BCUT2D eigenvalue weighted by atomic mass is 16.5. The third-order valence-electron chi connectivity index (χ3n) is 6.44. The Balaban J connectivity index is 1.70. The summed E-state index contributed by atoms with van der Waals surface area (Å²) in [5.41, 5.74) is 5.87. The van der Waals surface area contributed by atoms with Gasteiger partial charge in [-0.25, -0.2) is 0 Å². The lowest BCUT2D eigenvalue weighted by atomic mass is 9.93. The number of nitrogens with zero attached hydrogens (tertiary/aromatic N) is 3. The molecule has 0 saturated carbocycles. The predicted octanol–water partition coefficient (Wildman–Crippen LogP) is 4.95. The molecule has 1 aliphatic rings. The van der Waals surface area contributed by atoms with Crippen molar-refractivity contribution >= 4 is 5.91 Å². The Hall–Kier alpha value is -4.33. The standard InChI is InChI=1S/C28H28N4O4/c1-5-36-21-9-8-19(13-22(21)35-4)27-24-25(23-17(3)11-16(2)12-20(23)33)30-31-26(24)28(34)32(27)15-18-7-6-10-29-14-18/h6-14,27,33H,5,15H2,1-4H3,(H,30,31). The summed E-state index contributed by atoms with van der Waals surface area (Å²) >= 11 is 0. The molecule has 1 atom stereocenters. The van der Waals surface area contributed by atoms with Gasteiger partial charge in [-0.2, -0.15) is 5.10 Å². The van der Waals surface area contributed by atoms with Crippen LogP contribution in [0.2, 0.25) is 0 Å². The summed E-state index contributed by atoms with van der Waals surface area (Å²) in [6.07, 6.45) is 3.46. The van der Waals surface area contributed by atoms with Crippen molar-refractivity contribution in [1.29, 1.82) is 0 Å². The molecule has 0 saturated heterocycles. The zero-order chi connectivity index (χ0) is 25.4. The first-order chi connectivity index (χ1) is 17.4. The first-order valence-corrected chi connectivity index (χ1v) is 11.8. The Bertz CT molecular complexity index is 1410. The highest BCUT2D eigenvalue weighted by Crippen LogP contribution is 2.47. The minimum Gasteiger partial charge on any atom is -0.507 e. The molecule has 0 spiro atoms. The molecule has 4 aromatic rings. The van der Waals surface area contributed by atoms with E-state index < -0.39 is 6.04 Å². The number of aryl methyl sites for hydroxylation is 2. The van der Waals surface area contributed by atoms with Gasteiger partial charge in [0.25, 0.3) is 5.91 Å². The number of ether oxygens (including phenoxy) is 2. The maximum Gasteiger partial charge on any atom is 0.273 e. The minimum absolute atomic E-state index is 0.128. The van der Waals surface area contributed by atoms with Gasteiger partial charge in [-0.05, 0) is 67.3 Å². The van der Waals surface area contributed by atoms with Gasteiger partial charge in [0.1, 0.15) is 17.1 Å². The molecule has 2 N–H and O–H groups in total. The lowest BCUT2D eigenvalue weighted by Crippen LogP contribution is -2.29. The number of rotatable bonds is 7. The summed E-state index contributed by atoms with van der Waals surface area (Å²) in [6.45, 7) is 6.64. The van der Waals surface area contributed by atoms with E-state index in [9.17, 15) is 9.90 Å². The van der Waals surface area contributed by atoms with Crippen molar-refractivity contribution in [3.63, 3.8) is 0 Å². The second-order valence-corrected chi connectivity index (χ2v) is 8.88. The number of aromatic amines is 1. The molecule has 184 valence electrons. The Labute approximate surface area is 209 Å². The molecule has 0 bridgehead atoms. The number of carbonyl (C=O) groups is 1. The molecule has 2 aromatic carbocycles. The number of aromatic nitrogens is 3. The second kappa shape index (κ2) is 9.37. The number of carbonyl (C=O) groups excluding carboxylic acids is 1. The molecule has 5 rings (SSSR count). The highest BCUT2D eigenvalue weighted by molar-refractivity contribution is 6.00. The van der Waals surface area contributed by atoms with Crippen LogP contribution in [-0.4, -0.2) is 44.8 Å². The van der Waals surface area contributed by atoms with Crippen LogP contribution in [0.5, 0.6) is 17.2 Å². The fraction of sp³-hybridized carbons (Fsp3) is 0.250. The summed E-state index contributed by atoms with van der Waals surface area (Å²) in [6, 6.07) is 12.7. The molecule has 8 heteroatoms. The van der Waals surface area contributed by atoms with Crippen LogP contribution in [0.4, 0.5) is 0 Å². The SMILES string of the molecule is CCOc1ccc(C2c3c(-c4c(C)cc(C)cc4O)n[nH]c3C(=O)N2Cc2cccnc2)cc1OC. The lowest BCUT2D eigenvalue weighted by molar-refractivity contribution is 0.0729. The van der Waals surface area contributed by atoms with E-state index in [2.05, 4.69) is 15.2 Å². The Kier molecular flexibility index (Phi) is 6.10. The number of methoxy groups -OCH3 is 1. The monoisotopic (exact) mass is 484 g/mol. The van der Waals surface area contributed by atoms with Crippen LogP contribution >= 0.6 is 0 Å². The van der Waals surface area contributed by atoms with E-state index in [1.807, 2.05) is 57.2 Å². The molecule has 0 radical (unpaired) electrons. The number of pyridine rings is 1. The molecule has 0 aliphatic carbocycles. The number of hydrogen-bond acceptors (Lipinski definition) is 6. The summed E-state index contributed by atoms with van der Waals surface area (Å²) in [7, 11) is 1.59. The Morgan fingerprint density at radius 3 is 2.67 bits per heavy atom. The third-order valence-corrected chi connectivity index (χ3v) is 6.44. The van der Waals surface area contributed by atoms with E-state index in [0.717, 1.165) is 27.8 Å². The van der Waals surface area contributed by atoms with E-state index >= 15 is 0 Å². The summed E-state index contributed by atoms with van der Waals surface area (Å²) in [4.78, 5) is 19.7. The zero-order valence-electron chi connectivity index (χ0n) is 20.7. The largest absolute Gasteiger partial charge is 0.507 e. The number of phenolic OH excluding ortho intramolecular Hbond substituents is 1. The molecular weight excluding hydrogens is 456 g/mol. The van der Waals surface area contributed by atoms with Crippen LogP contribution in [0.25, 0.3) is 11.3 Å². The maximum atomic E-state index is 13.7. The van der Waals surface area contributed by atoms with Gasteiger partial charge in [-0.3, -0.25) is 14.9 Å². The van der Waals surface area contributed by atoms with Crippen LogP contribution < -0.4 is 9.47 Å². The van der Waals surface area contributed by atoms with Crippen molar-refractivity contribution < 1.29 is 19.4 Å². The van der Waals surface area contributed by atoms with E-state index in [-0.39, 0.29) is 11.7 Å². The first-order valence-electron chi connectivity index (χ1n) is 11.8. The van der Waals surface area contributed by atoms with Gasteiger partial charge in [-0.1, -0.05) is 18.2 Å². The van der Waals surface area contributed by atoms with E-state index in [1.165, 1.54) is 0 Å². The molecule has 36 heavy (non-hydrogen) atoms. The second-order valence-electron chi connectivity index (χ2n) is 8.88. The van der Waals surface area contributed by atoms with Gasteiger partial charge < -0.3 is 19.5 Å². The molecule has 3 heterocycles. The van der Waals surface area contributed by atoms with E-state index in [4.69, 9.17) is 9.47 Å². The normalized spacial score (nSPS) is 14.7. The van der Waals surface area contributed by atoms with Crippen LogP contribution in [-0.2, 0) is 6.54 Å². The Morgan fingerprint density at radius 2 is 1.97 bits per heavy atom. The lowest BCUT2D eigenvalue weighted by Gasteiger charge is -2.27. The summed E-state index contributed by atoms with van der Waals surface area (Å²) in [5, 5.41) is 18.4. The van der Waals surface area contributed by atoms with Gasteiger partial charge in [0.2, 0.25) is 0 Å². The zero-order valence-corrected chi connectivity index (χ0v) is 20.7. The molecule has 8 nitrogen and oxygen atoms in total. The third kappa shape index (κ3) is 3.94. The van der Waals surface area contributed by atoms with Crippen molar-refractivity contribution in [2.24, 2.45) is 0 Å². The highest BCUT2D eigenvalue weighted by Gasteiger charge is 2.43. The Morgan fingerprint density at radius 1 is 1.14 bits per heavy atom. The average Bonchev–Trinajstić information content (AvgIpc) is 3.39. The summed E-state index contributed by atoms with van der Waals surface area (Å²) < 4.78 is 11.3. The number of hydrogen-bond donors (Lipinski definition) is 2. The van der Waals surface area contributed by atoms with E-state index in [1.54, 1.807) is 30.5 Å². The molecule has 0 fully saturated rings. The first kappa shape index (κ1) is 23.4. The molecular formula is C28H28N4O4. The van der Waals surface area contributed by atoms with Crippen molar-refractivity contribution in [1.82, 2.24) is 20.1 Å². The number of benzene rings is 2. The van der Waals surface area contributed by atoms with Crippen LogP contribution in [0.1, 0.15) is 51.3 Å². The van der Waals surface area contributed by atoms with Crippen molar-refractivity contribution in [2.45, 2.75) is 33.4 Å². The quantitative estimate of drug-likeness (QED) is 0.385. The van der Waals surface area contributed by atoms with Crippen LogP contribution in [0, 0.1) is 13.8 Å². The number of phenols is 1. The molecule has 1 aliphatic heterocycles. The minimum atomic E-state index is -0.467. The van der Waals surface area contributed by atoms with Crippen LogP contribution in [0.3, 0.4) is 0 Å². The van der Waals surface area contributed by atoms with Crippen molar-refractivity contribution in [2.75, 3.05) is 13.7 Å². The summed E-state index contributed by atoms with van der Waals surface area (Å²) in [5.74, 6) is 1.17. The van der Waals surface area contributed by atoms with Gasteiger partial charge >= 0.3 is 0 Å². The van der Waals surface area contributed by atoms with Crippen molar-refractivity contribution in [3.8, 4) is 28.5 Å². The number of amides is 1. The maximum absolute atomic E-state index is 13.7. The van der Waals surface area contributed by atoms with Crippen LogP contribution in [0.15, 0.2) is 54.9 Å². The fourth-order valence-electron chi connectivity index (χ4n) is 4.97. The number of fused-ring (bicyclic) bond motifs is 1. The fourth-order valence-corrected chi connectivity index (χ4v) is 4.97.